The van der Waals surface area contributed by atoms with Gasteiger partial charge in [-0.2, -0.15) is 0 Å². The lowest BCUT2D eigenvalue weighted by molar-refractivity contribution is 0.669. The van der Waals surface area contributed by atoms with Gasteiger partial charge in [0.2, 0.25) is 0 Å². The lowest BCUT2D eigenvalue weighted by atomic mass is 10.00. The first-order valence-corrected chi connectivity index (χ1v) is 8.68. The summed E-state index contributed by atoms with van der Waals surface area (Å²) in [5, 5.41) is 4.76. The molecule has 1 heterocycles. The number of rotatable bonds is 1. The van der Waals surface area contributed by atoms with Gasteiger partial charge in [-0.25, -0.2) is 0 Å². The molecule has 2 heteroatoms. The molecule has 0 bridgehead atoms. The summed E-state index contributed by atoms with van der Waals surface area (Å²) in [5.41, 5.74) is 4.31. The van der Waals surface area contributed by atoms with Crippen LogP contribution in [0.15, 0.2) is 87.8 Å². The van der Waals surface area contributed by atoms with E-state index in [0.717, 1.165) is 15.6 Å². The molecule has 5 aromatic rings. The highest BCUT2D eigenvalue weighted by molar-refractivity contribution is 9.10. The summed E-state index contributed by atoms with van der Waals surface area (Å²) in [4.78, 5) is 0. The minimum Gasteiger partial charge on any atom is -0.456 e. The van der Waals surface area contributed by atoms with Crippen molar-refractivity contribution < 1.29 is 4.42 Å². The fraction of sp³-hybridized carbons (Fsp3) is 0. The van der Waals surface area contributed by atoms with Crippen molar-refractivity contribution in [2.75, 3.05) is 0 Å². The fourth-order valence-corrected chi connectivity index (χ4v) is 3.72. The molecule has 0 saturated heterocycles. The first-order chi connectivity index (χ1) is 11.8. The quantitative estimate of drug-likeness (QED) is 0.304. The van der Waals surface area contributed by atoms with Gasteiger partial charge in [-0.05, 0) is 58.3 Å². The second-order valence-electron chi connectivity index (χ2n) is 6.02. The number of halogens is 1. The van der Waals surface area contributed by atoms with Crippen LogP contribution in [-0.2, 0) is 0 Å². The molecule has 0 spiro atoms. The molecule has 4 aromatic carbocycles. The van der Waals surface area contributed by atoms with Gasteiger partial charge in [-0.15, -0.1) is 0 Å². The molecule has 1 nitrogen and oxygen atoms in total. The molecule has 0 aliphatic rings. The van der Waals surface area contributed by atoms with Crippen LogP contribution in [0.4, 0.5) is 0 Å². The summed E-state index contributed by atoms with van der Waals surface area (Å²) in [5.74, 6) is 0. The Balaban J connectivity index is 1.79. The molecular weight excluding hydrogens is 360 g/mol. The van der Waals surface area contributed by atoms with E-state index >= 15 is 0 Å². The Labute approximate surface area is 147 Å². The molecule has 0 aliphatic carbocycles. The SMILES string of the molecule is Brc1cccc(-c2ccc3cc4oc5ccccc5c4cc3c2)c1. The molecule has 0 saturated carbocycles. The highest BCUT2D eigenvalue weighted by Crippen LogP contribution is 2.34. The first-order valence-electron chi connectivity index (χ1n) is 7.89. The zero-order chi connectivity index (χ0) is 16.1. The minimum atomic E-state index is 0.940. The van der Waals surface area contributed by atoms with Crippen molar-refractivity contribution in [1.82, 2.24) is 0 Å². The van der Waals surface area contributed by atoms with Gasteiger partial charge in [-0.1, -0.05) is 58.4 Å². The second-order valence-corrected chi connectivity index (χ2v) is 6.93. The molecule has 0 N–H and O–H groups in total. The lowest BCUT2D eigenvalue weighted by Crippen LogP contribution is -1.80. The number of para-hydroxylation sites is 1. The van der Waals surface area contributed by atoms with Gasteiger partial charge in [0, 0.05) is 15.2 Å². The second kappa shape index (κ2) is 5.22. The largest absolute Gasteiger partial charge is 0.456 e. The summed E-state index contributed by atoms with van der Waals surface area (Å²) in [6.45, 7) is 0. The van der Waals surface area contributed by atoms with E-state index in [2.05, 4.69) is 76.6 Å². The van der Waals surface area contributed by atoms with Gasteiger partial charge < -0.3 is 4.42 Å². The smallest absolute Gasteiger partial charge is 0.136 e. The Kier molecular flexibility index (Phi) is 3.00. The third-order valence-electron chi connectivity index (χ3n) is 4.49. The van der Waals surface area contributed by atoms with Crippen LogP contribution in [0, 0.1) is 0 Å². The van der Waals surface area contributed by atoms with Crippen molar-refractivity contribution >= 4 is 48.6 Å². The van der Waals surface area contributed by atoms with Crippen LogP contribution in [0.2, 0.25) is 0 Å². The number of hydrogen-bond donors (Lipinski definition) is 0. The van der Waals surface area contributed by atoms with E-state index in [0.29, 0.717) is 0 Å². The Morgan fingerprint density at radius 3 is 2.38 bits per heavy atom. The van der Waals surface area contributed by atoms with Gasteiger partial charge in [0.25, 0.3) is 0 Å². The van der Waals surface area contributed by atoms with Crippen molar-refractivity contribution in [3.8, 4) is 11.1 Å². The molecule has 5 rings (SSSR count). The predicted molar refractivity (Wildman–Crippen MR) is 104 cm³/mol. The van der Waals surface area contributed by atoms with Crippen LogP contribution in [-0.4, -0.2) is 0 Å². The molecule has 0 aliphatic heterocycles. The van der Waals surface area contributed by atoms with Crippen molar-refractivity contribution in [3.05, 3.63) is 83.3 Å². The maximum atomic E-state index is 5.98. The van der Waals surface area contributed by atoms with E-state index in [4.69, 9.17) is 4.42 Å². The van der Waals surface area contributed by atoms with Crippen molar-refractivity contribution in [2.24, 2.45) is 0 Å². The van der Waals surface area contributed by atoms with E-state index in [1.165, 1.54) is 32.7 Å². The maximum Gasteiger partial charge on any atom is 0.136 e. The zero-order valence-corrected chi connectivity index (χ0v) is 14.4. The van der Waals surface area contributed by atoms with Crippen LogP contribution < -0.4 is 0 Å². The molecule has 0 unspecified atom stereocenters. The van der Waals surface area contributed by atoms with Crippen LogP contribution in [0.1, 0.15) is 0 Å². The third-order valence-corrected chi connectivity index (χ3v) is 4.99. The average Bonchev–Trinajstić information content (AvgIpc) is 2.97. The van der Waals surface area contributed by atoms with Crippen LogP contribution in [0.25, 0.3) is 43.8 Å². The topological polar surface area (TPSA) is 13.1 Å². The Bertz CT molecular complexity index is 1220. The van der Waals surface area contributed by atoms with E-state index in [9.17, 15) is 0 Å². The molecule has 0 atom stereocenters. The van der Waals surface area contributed by atoms with Crippen LogP contribution in [0.5, 0.6) is 0 Å². The molecular formula is C22H13BrO. The number of hydrogen-bond acceptors (Lipinski definition) is 1. The molecule has 24 heavy (non-hydrogen) atoms. The number of fused-ring (bicyclic) bond motifs is 4. The third kappa shape index (κ3) is 2.15. The molecule has 0 fully saturated rings. The Morgan fingerprint density at radius 2 is 1.46 bits per heavy atom. The van der Waals surface area contributed by atoms with E-state index in [-0.39, 0.29) is 0 Å². The van der Waals surface area contributed by atoms with Gasteiger partial charge in [0.1, 0.15) is 11.2 Å². The highest BCUT2D eigenvalue weighted by atomic mass is 79.9. The normalized spacial score (nSPS) is 11.5. The van der Waals surface area contributed by atoms with Gasteiger partial charge in [0.15, 0.2) is 0 Å². The van der Waals surface area contributed by atoms with E-state index in [1.54, 1.807) is 0 Å². The minimum absolute atomic E-state index is 0.940. The molecule has 0 radical (unpaired) electrons. The predicted octanol–water partition coefficient (Wildman–Crippen LogP) is 7.17. The lowest BCUT2D eigenvalue weighted by Gasteiger charge is -2.05. The van der Waals surface area contributed by atoms with Crippen molar-refractivity contribution in [1.29, 1.82) is 0 Å². The molecule has 0 amide bonds. The molecule has 114 valence electrons. The maximum absolute atomic E-state index is 5.98. The standard InChI is InChI=1S/C22H13BrO/c23-18-5-3-4-14(11-18)15-8-9-16-13-22-20(12-17(16)10-15)19-6-1-2-7-21(19)24-22/h1-13H. The van der Waals surface area contributed by atoms with Crippen LogP contribution >= 0.6 is 15.9 Å². The summed E-state index contributed by atoms with van der Waals surface area (Å²) >= 11 is 3.55. The van der Waals surface area contributed by atoms with Crippen molar-refractivity contribution in [3.63, 3.8) is 0 Å². The number of benzene rings is 4. The summed E-state index contributed by atoms with van der Waals surface area (Å²) in [6.07, 6.45) is 0. The van der Waals surface area contributed by atoms with Crippen molar-refractivity contribution in [2.45, 2.75) is 0 Å². The van der Waals surface area contributed by atoms with Crippen LogP contribution in [0.3, 0.4) is 0 Å². The first kappa shape index (κ1) is 13.8. The van der Waals surface area contributed by atoms with Gasteiger partial charge in [-0.3, -0.25) is 0 Å². The Hall–Kier alpha value is -2.58. The number of furan rings is 1. The zero-order valence-electron chi connectivity index (χ0n) is 12.8. The summed E-state index contributed by atoms with van der Waals surface area (Å²) in [7, 11) is 0. The summed E-state index contributed by atoms with van der Waals surface area (Å²) < 4.78 is 7.08. The highest BCUT2D eigenvalue weighted by Gasteiger charge is 2.08. The van der Waals surface area contributed by atoms with E-state index < -0.39 is 0 Å². The van der Waals surface area contributed by atoms with Gasteiger partial charge in [0.05, 0.1) is 0 Å². The Morgan fingerprint density at radius 1 is 0.583 bits per heavy atom. The summed E-state index contributed by atoms with van der Waals surface area (Å²) in [6, 6.07) is 27.5. The monoisotopic (exact) mass is 372 g/mol. The van der Waals surface area contributed by atoms with E-state index in [1.807, 2.05) is 18.2 Å². The van der Waals surface area contributed by atoms with Gasteiger partial charge >= 0.3 is 0 Å². The average molecular weight is 373 g/mol. The molecule has 1 aromatic heterocycles. The fourth-order valence-electron chi connectivity index (χ4n) is 3.32.